The molecule has 4 rings (SSSR count). The lowest BCUT2D eigenvalue weighted by Gasteiger charge is -2.24. The summed E-state index contributed by atoms with van der Waals surface area (Å²) in [5, 5.41) is 6.14. The Bertz CT molecular complexity index is 831. The summed E-state index contributed by atoms with van der Waals surface area (Å²) in [7, 11) is 0. The summed E-state index contributed by atoms with van der Waals surface area (Å²) in [6.45, 7) is 4.27. The minimum atomic E-state index is 0.388. The Kier molecular flexibility index (Phi) is 4.76. The molecule has 1 N–H and O–H groups in total. The van der Waals surface area contributed by atoms with Crippen molar-refractivity contribution >= 4 is 22.3 Å². The third kappa shape index (κ3) is 3.89. The van der Waals surface area contributed by atoms with E-state index < -0.39 is 0 Å². The van der Waals surface area contributed by atoms with Crippen LogP contribution in [0, 0.1) is 6.92 Å². The number of thiazole rings is 1. The van der Waals surface area contributed by atoms with E-state index in [1.54, 1.807) is 17.5 Å². The third-order valence-electron chi connectivity index (χ3n) is 4.61. The summed E-state index contributed by atoms with van der Waals surface area (Å²) in [5.41, 5.74) is 3.84. The van der Waals surface area contributed by atoms with Crippen LogP contribution in [0.1, 0.15) is 35.7 Å². The van der Waals surface area contributed by atoms with Crippen molar-refractivity contribution in [1.82, 2.24) is 14.9 Å². The summed E-state index contributed by atoms with van der Waals surface area (Å²) < 4.78 is 0. The quantitative estimate of drug-likeness (QED) is 0.708. The van der Waals surface area contributed by atoms with Gasteiger partial charge >= 0.3 is 0 Å². The summed E-state index contributed by atoms with van der Waals surface area (Å²) in [6, 6.07) is 15.4. The molecule has 1 aromatic carbocycles. The number of pyridine rings is 1. The molecule has 1 fully saturated rings. The van der Waals surface area contributed by atoms with Crippen molar-refractivity contribution < 1.29 is 0 Å². The highest BCUT2D eigenvalue weighted by Crippen LogP contribution is 2.33. The Balaban J connectivity index is 1.51. The molecule has 4 nitrogen and oxygen atoms in total. The molecule has 0 saturated carbocycles. The van der Waals surface area contributed by atoms with Crippen molar-refractivity contribution in [3.63, 3.8) is 0 Å². The normalized spacial score (nSPS) is 17.7. The van der Waals surface area contributed by atoms with Crippen LogP contribution < -0.4 is 5.32 Å². The molecule has 1 aliphatic rings. The minimum absolute atomic E-state index is 0.388. The summed E-state index contributed by atoms with van der Waals surface area (Å²) in [4.78, 5) is 11.7. The summed E-state index contributed by atoms with van der Waals surface area (Å²) in [6.07, 6.45) is 4.19. The van der Waals surface area contributed by atoms with Crippen LogP contribution in [-0.2, 0) is 6.54 Å². The zero-order valence-corrected chi connectivity index (χ0v) is 15.2. The average molecular weight is 350 g/mol. The van der Waals surface area contributed by atoms with Crippen LogP contribution in [0.25, 0.3) is 0 Å². The van der Waals surface area contributed by atoms with E-state index in [0.29, 0.717) is 6.04 Å². The highest BCUT2D eigenvalue weighted by molar-refractivity contribution is 7.13. The number of aryl methyl sites for hydroxylation is 1. The summed E-state index contributed by atoms with van der Waals surface area (Å²) in [5.74, 6) is 0.870. The fourth-order valence-corrected chi connectivity index (χ4v) is 4.03. The second-order valence-corrected chi connectivity index (χ2v) is 7.42. The number of anilines is 2. The van der Waals surface area contributed by atoms with Gasteiger partial charge in [0.15, 0.2) is 5.13 Å². The molecule has 0 spiro atoms. The number of hydrogen-bond donors (Lipinski definition) is 1. The number of aromatic nitrogens is 2. The average Bonchev–Trinajstić information content (AvgIpc) is 3.27. The number of likely N-dealkylation sites (tertiary alicyclic amines) is 1. The number of rotatable bonds is 5. The molecule has 0 aliphatic carbocycles. The monoisotopic (exact) mass is 350 g/mol. The molecule has 0 radical (unpaired) electrons. The Morgan fingerprint density at radius 3 is 3.00 bits per heavy atom. The highest BCUT2D eigenvalue weighted by atomic mass is 32.1. The van der Waals surface area contributed by atoms with Crippen molar-refractivity contribution in [2.24, 2.45) is 0 Å². The van der Waals surface area contributed by atoms with E-state index in [9.17, 15) is 0 Å². The minimum Gasteiger partial charge on any atom is -0.316 e. The second-order valence-electron chi connectivity index (χ2n) is 6.53. The van der Waals surface area contributed by atoms with E-state index >= 15 is 0 Å². The molecule has 0 unspecified atom stereocenters. The Morgan fingerprint density at radius 1 is 1.24 bits per heavy atom. The zero-order chi connectivity index (χ0) is 17.1. The van der Waals surface area contributed by atoms with Gasteiger partial charge in [-0.2, -0.15) is 0 Å². The fourth-order valence-electron chi connectivity index (χ4n) is 3.50. The first-order valence-electron chi connectivity index (χ1n) is 8.71. The van der Waals surface area contributed by atoms with Gasteiger partial charge in [-0.05, 0) is 44.0 Å². The first-order chi connectivity index (χ1) is 12.3. The maximum absolute atomic E-state index is 4.85. The Hall–Kier alpha value is -2.24. The molecule has 3 heterocycles. The van der Waals surface area contributed by atoms with Gasteiger partial charge in [0.25, 0.3) is 0 Å². The lowest BCUT2D eigenvalue weighted by atomic mass is 10.1. The molecule has 5 heteroatoms. The van der Waals surface area contributed by atoms with E-state index in [1.807, 2.05) is 11.4 Å². The maximum atomic E-state index is 4.85. The van der Waals surface area contributed by atoms with Gasteiger partial charge in [0.2, 0.25) is 0 Å². The maximum Gasteiger partial charge on any atom is 0.188 e. The van der Waals surface area contributed by atoms with Gasteiger partial charge in [-0.25, -0.2) is 9.97 Å². The van der Waals surface area contributed by atoms with Crippen molar-refractivity contribution in [3.05, 3.63) is 70.9 Å². The number of benzene rings is 1. The molecule has 3 aromatic rings. The first-order valence-corrected chi connectivity index (χ1v) is 9.59. The van der Waals surface area contributed by atoms with E-state index in [-0.39, 0.29) is 0 Å². The fraction of sp³-hybridized carbons (Fsp3) is 0.300. The van der Waals surface area contributed by atoms with Crippen LogP contribution in [0.3, 0.4) is 0 Å². The van der Waals surface area contributed by atoms with Gasteiger partial charge in [-0.1, -0.05) is 35.9 Å². The predicted molar refractivity (Wildman–Crippen MR) is 103 cm³/mol. The van der Waals surface area contributed by atoms with Gasteiger partial charge in [0.05, 0.1) is 11.7 Å². The lowest BCUT2D eigenvalue weighted by molar-refractivity contribution is 0.244. The molecule has 0 bridgehead atoms. The summed E-state index contributed by atoms with van der Waals surface area (Å²) >= 11 is 1.59. The molecule has 0 amide bonds. The SMILES string of the molecule is Cc1cccc(CN2CCC[C@H]2c2cccc(Nc3nccs3)n2)c1. The van der Waals surface area contributed by atoms with Crippen LogP contribution in [0.5, 0.6) is 0 Å². The molecule has 2 aromatic heterocycles. The van der Waals surface area contributed by atoms with Crippen molar-refractivity contribution in [2.75, 3.05) is 11.9 Å². The first kappa shape index (κ1) is 16.2. The van der Waals surface area contributed by atoms with Gasteiger partial charge in [0, 0.05) is 18.1 Å². The molecule has 128 valence electrons. The molecule has 1 atom stereocenters. The molecular formula is C20H22N4S. The third-order valence-corrected chi connectivity index (χ3v) is 5.30. The van der Waals surface area contributed by atoms with Crippen LogP contribution >= 0.6 is 11.3 Å². The van der Waals surface area contributed by atoms with E-state index in [2.05, 4.69) is 58.5 Å². The van der Waals surface area contributed by atoms with Crippen LogP contribution in [0.4, 0.5) is 10.9 Å². The van der Waals surface area contributed by atoms with Crippen LogP contribution in [-0.4, -0.2) is 21.4 Å². The number of nitrogens with one attached hydrogen (secondary N) is 1. The van der Waals surface area contributed by atoms with Gasteiger partial charge in [-0.3, -0.25) is 4.90 Å². The van der Waals surface area contributed by atoms with Gasteiger partial charge < -0.3 is 5.32 Å². The Morgan fingerprint density at radius 2 is 2.16 bits per heavy atom. The standard InChI is InChI=1S/C20H22N4S/c1-15-5-2-6-16(13-15)14-24-11-4-8-18(24)17-7-3-9-19(22-17)23-20-21-10-12-25-20/h2-3,5-7,9-10,12-13,18H,4,8,11,14H2,1H3,(H,21,22,23)/t18-/m0/s1. The largest absolute Gasteiger partial charge is 0.316 e. The van der Waals surface area contributed by atoms with Crippen molar-refractivity contribution in [1.29, 1.82) is 0 Å². The number of nitrogens with zero attached hydrogens (tertiary/aromatic N) is 3. The van der Waals surface area contributed by atoms with E-state index in [0.717, 1.165) is 29.7 Å². The van der Waals surface area contributed by atoms with Gasteiger partial charge in [-0.15, -0.1) is 11.3 Å². The molecular weight excluding hydrogens is 328 g/mol. The van der Waals surface area contributed by atoms with Crippen molar-refractivity contribution in [2.45, 2.75) is 32.4 Å². The smallest absolute Gasteiger partial charge is 0.188 e. The van der Waals surface area contributed by atoms with E-state index in [4.69, 9.17) is 4.98 Å². The topological polar surface area (TPSA) is 41.0 Å². The Labute approximate surface area is 152 Å². The van der Waals surface area contributed by atoms with Crippen molar-refractivity contribution in [3.8, 4) is 0 Å². The van der Waals surface area contributed by atoms with Crippen LogP contribution in [0.2, 0.25) is 0 Å². The number of hydrogen-bond acceptors (Lipinski definition) is 5. The zero-order valence-electron chi connectivity index (χ0n) is 14.4. The lowest BCUT2D eigenvalue weighted by Crippen LogP contribution is -2.23. The predicted octanol–water partition coefficient (Wildman–Crippen LogP) is 4.93. The molecule has 1 saturated heterocycles. The molecule has 1 aliphatic heterocycles. The molecule has 25 heavy (non-hydrogen) atoms. The highest BCUT2D eigenvalue weighted by Gasteiger charge is 2.27. The van der Waals surface area contributed by atoms with Crippen LogP contribution in [0.15, 0.2) is 54.0 Å². The second kappa shape index (κ2) is 7.33. The van der Waals surface area contributed by atoms with Gasteiger partial charge in [0.1, 0.15) is 5.82 Å². The van der Waals surface area contributed by atoms with E-state index in [1.165, 1.54) is 24.0 Å².